The fraction of sp³-hybridized carbons (Fsp3) is 0.571. The van der Waals surface area contributed by atoms with Crippen molar-refractivity contribution in [1.29, 1.82) is 0 Å². The Balaban J connectivity index is 2.55. The Kier molecular flexibility index (Phi) is 8.09. The molecule has 111 valence electrons. The van der Waals surface area contributed by atoms with Gasteiger partial charge in [0.2, 0.25) is 0 Å². The molecule has 0 aromatic carbocycles. The van der Waals surface area contributed by atoms with Crippen LogP contribution in [-0.4, -0.2) is 39.2 Å². The first-order chi connectivity index (χ1) is 9.71. The molecule has 0 saturated heterocycles. The van der Waals surface area contributed by atoms with Gasteiger partial charge in [-0.1, -0.05) is 13.0 Å². The number of hydrogen-bond acceptors (Lipinski definition) is 5. The molecule has 0 aliphatic rings. The van der Waals surface area contributed by atoms with Crippen molar-refractivity contribution in [3.63, 3.8) is 0 Å². The van der Waals surface area contributed by atoms with Crippen LogP contribution in [0.5, 0.6) is 0 Å². The average molecular weight is 296 g/mol. The SMILES string of the molecule is CCO[Si](OCC)C(CC)OC(=O)Cc1ccccn1. The number of carbonyl (C=O) groups is 1. The van der Waals surface area contributed by atoms with Gasteiger partial charge in [0.25, 0.3) is 0 Å². The van der Waals surface area contributed by atoms with Crippen molar-refractivity contribution in [3.8, 4) is 0 Å². The van der Waals surface area contributed by atoms with Gasteiger partial charge in [-0.25, -0.2) is 0 Å². The quantitative estimate of drug-likeness (QED) is 0.515. The summed E-state index contributed by atoms with van der Waals surface area (Å²) in [5.41, 5.74) is 0.407. The van der Waals surface area contributed by atoms with Crippen LogP contribution in [0.25, 0.3) is 0 Å². The zero-order valence-corrected chi connectivity index (χ0v) is 13.3. The van der Waals surface area contributed by atoms with Crippen molar-refractivity contribution in [2.24, 2.45) is 0 Å². The summed E-state index contributed by atoms with van der Waals surface area (Å²) in [5.74, 6) is -0.294. The van der Waals surface area contributed by atoms with E-state index in [1.54, 1.807) is 12.3 Å². The molecule has 0 bridgehead atoms. The Morgan fingerprint density at radius 2 is 1.95 bits per heavy atom. The second-order valence-corrected chi connectivity index (χ2v) is 5.93. The molecular weight excluding hydrogens is 274 g/mol. The summed E-state index contributed by atoms with van der Waals surface area (Å²) in [6.07, 6.45) is 2.52. The highest BCUT2D eigenvalue weighted by atomic mass is 28.3. The molecule has 1 aromatic rings. The Hall–Kier alpha value is -1.24. The van der Waals surface area contributed by atoms with Crippen LogP contribution in [0.15, 0.2) is 24.4 Å². The maximum Gasteiger partial charge on any atom is 0.429 e. The van der Waals surface area contributed by atoms with Gasteiger partial charge >= 0.3 is 15.3 Å². The first kappa shape index (κ1) is 16.8. The van der Waals surface area contributed by atoms with Crippen LogP contribution < -0.4 is 0 Å². The molecule has 5 nitrogen and oxygen atoms in total. The minimum Gasteiger partial charge on any atom is -0.460 e. The van der Waals surface area contributed by atoms with E-state index in [0.717, 1.165) is 0 Å². The number of rotatable bonds is 9. The van der Waals surface area contributed by atoms with Crippen LogP contribution in [0.4, 0.5) is 0 Å². The average Bonchev–Trinajstić information content (AvgIpc) is 2.45. The van der Waals surface area contributed by atoms with Gasteiger partial charge in [0, 0.05) is 19.4 Å². The minimum atomic E-state index is -1.59. The molecule has 1 unspecified atom stereocenters. The van der Waals surface area contributed by atoms with E-state index in [1.807, 2.05) is 32.9 Å². The van der Waals surface area contributed by atoms with E-state index >= 15 is 0 Å². The number of pyridine rings is 1. The van der Waals surface area contributed by atoms with Crippen LogP contribution in [0.3, 0.4) is 0 Å². The molecule has 6 heteroatoms. The van der Waals surface area contributed by atoms with Crippen LogP contribution in [-0.2, 0) is 24.8 Å². The molecule has 0 aliphatic heterocycles. The van der Waals surface area contributed by atoms with Crippen LogP contribution >= 0.6 is 0 Å². The molecule has 0 amide bonds. The Bertz CT molecular complexity index is 382. The maximum atomic E-state index is 11.9. The van der Waals surface area contributed by atoms with Crippen LogP contribution in [0, 0.1) is 0 Å². The van der Waals surface area contributed by atoms with Gasteiger partial charge in [-0.15, -0.1) is 0 Å². The third-order valence-corrected chi connectivity index (χ3v) is 4.73. The number of esters is 1. The highest BCUT2D eigenvalue weighted by molar-refractivity contribution is 6.46. The molecule has 0 saturated carbocycles. The lowest BCUT2D eigenvalue weighted by molar-refractivity contribution is -0.146. The number of nitrogens with zero attached hydrogens (tertiary/aromatic N) is 1. The fourth-order valence-corrected chi connectivity index (χ4v) is 3.25. The molecule has 0 spiro atoms. The molecule has 0 fully saturated rings. The second-order valence-electron chi connectivity index (χ2n) is 4.07. The number of ether oxygens (including phenoxy) is 1. The predicted octanol–water partition coefficient (Wildman–Crippen LogP) is 2.05. The van der Waals surface area contributed by atoms with E-state index in [4.69, 9.17) is 13.6 Å². The third kappa shape index (κ3) is 5.81. The predicted molar refractivity (Wildman–Crippen MR) is 77.1 cm³/mol. The monoisotopic (exact) mass is 296 g/mol. The number of hydrogen-bond donors (Lipinski definition) is 0. The van der Waals surface area contributed by atoms with Crippen molar-refractivity contribution in [2.75, 3.05) is 13.2 Å². The van der Waals surface area contributed by atoms with E-state index in [0.29, 0.717) is 25.3 Å². The molecular formula is C14H22NO4Si. The van der Waals surface area contributed by atoms with Gasteiger partial charge in [-0.3, -0.25) is 9.78 Å². The zero-order valence-electron chi connectivity index (χ0n) is 12.3. The second kappa shape index (κ2) is 9.63. The molecule has 1 radical (unpaired) electrons. The largest absolute Gasteiger partial charge is 0.460 e. The van der Waals surface area contributed by atoms with Gasteiger partial charge in [-0.2, -0.15) is 0 Å². The van der Waals surface area contributed by atoms with E-state index < -0.39 is 9.28 Å². The third-order valence-electron chi connectivity index (χ3n) is 2.53. The fourth-order valence-electron chi connectivity index (χ4n) is 1.66. The van der Waals surface area contributed by atoms with E-state index in [-0.39, 0.29) is 18.1 Å². The normalized spacial score (nSPS) is 12.4. The maximum absolute atomic E-state index is 11.9. The van der Waals surface area contributed by atoms with Crippen molar-refractivity contribution >= 4 is 15.3 Å². The lowest BCUT2D eigenvalue weighted by atomic mass is 10.3. The first-order valence-corrected chi connectivity index (χ1v) is 8.32. The molecule has 1 rings (SSSR count). The van der Waals surface area contributed by atoms with Crippen molar-refractivity contribution in [1.82, 2.24) is 4.98 Å². The van der Waals surface area contributed by atoms with Gasteiger partial charge in [-0.05, 0) is 32.4 Å². The van der Waals surface area contributed by atoms with Gasteiger partial charge in [0.05, 0.1) is 12.1 Å². The number of carbonyl (C=O) groups excluding carboxylic acids is 1. The highest BCUT2D eigenvalue weighted by Crippen LogP contribution is 2.09. The molecule has 1 heterocycles. The summed E-state index contributed by atoms with van der Waals surface area (Å²) in [7, 11) is -1.59. The van der Waals surface area contributed by atoms with Gasteiger partial charge in [0.1, 0.15) is 5.73 Å². The zero-order chi connectivity index (χ0) is 14.8. The summed E-state index contributed by atoms with van der Waals surface area (Å²) >= 11 is 0. The van der Waals surface area contributed by atoms with Gasteiger partial charge in [0.15, 0.2) is 0 Å². The Labute approximate surface area is 122 Å². The molecule has 0 N–H and O–H groups in total. The highest BCUT2D eigenvalue weighted by Gasteiger charge is 2.30. The topological polar surface area (TPSA) is 57.7 Å². The van der Waals surface area contributed by atoms with Crippen molar-refractivity contribution in [3.05, 3.63) is 30.1 Å². The summed E-state index contributed by atoms with van der Waals surface area (Å²) in [5, 5.41) is 0. The smallest absolute Gasteiger partial charge is 0.429 e. The Morgan fingerprint density at radius 3 is 2.45 bits per heavy atom. The van der Waals surface area contributed by atoms with E-state index in [1.165, 1.54) is 0 Å². The van der Waals surface area contributed by atoms with E-state index in [2.05, 4.69) is 4.98 Å². The number of aromatic nitrogens is 1. The molecule has 1 aromatic heterocycles. The lowest BCUT2D eigenvalue weighted by Gasteiger charge is -2.22. The van der Waals surface area contributed by atoms with Crippen molar-refractivity contribution in [2.45, 2.75) is 39.3 Å². The van der Waals surface area contributed by atoms with Gasteiger partial charge < -0.3 is 13.6 Å². The molecule has 0 aliphatic carbocycles. The first-order valence-electron chi connectivity index (χ1n) is 6.93. The summed E-state index contributed by atoms with van der Waals surface area (Å²) in [6, 6.07) is 5.47. The van der Waals surface area contributed by atoms with E-state index in [9.17, 15) is 4.79 Å². The summed E-state index contributed by atoms with van der Waals surface area (Å²) < 4.78 is 16.6. The lowest BCUT2D eigenvalue weighted by Crippen LogP contribution is -2.40. The molecule has 20 heavy (non-hydrogen) atoms. The minimum absolute atomic E-state index is 0.171. The van der Waals surface area contributed by atoms with Crippen molar-refractivity contribution < 1.29 is 18.4 Å². The standard InChI is InChI=1S/C14H22NO4Si/c1-4-14(20(17-5-2)18-6-3)19-13(16)11-12-9-7-8-10-15-12/h7-10,14H,4-6,11H2,1-3H3. The van der Waals surface area contributed by atoms with Crippen LogP contribution in [0.1, 0.15) is 32.9 Å². The summed E-state index contributed by atoms with van der Waals surface area (Å²) in [6.45, 7) is 6.89. The Morgan fingerprint density at radius 1 is 1.25 bits per heavy atom. The van der Waals surface area contributed by atoms with Crippen LogP contribution in [0.2, 0.25) is 0 Å². The molecule has 1 atom stereocenters. The summed E-state index contributed by atoms with van der Waals surface area (Å²) in [4.78, 5) is 16.1.